The van der Waals surface area contributed by atoms with Crippen molar-refractivity contribution < 1.29 is 9.53 Å². The molecule has 2 aliphatic heterocycles. The van der Waals surface area contributed by atoms with Crippen LogP contribution in [0, 0.1) is 5.41 Å². The van der Waals surface area contributed by atoms with Crippen molar-refractivity contribution in [3.05, 3.63) is 47.8 Å². The Morgan fingerprint density at radius 2 is 2.20 bits per heavy atom. The predicted molar refractivity (Wildman–Crippen MR) is 92.6 cm³/mol. The number of likely N-dealkylation sites (tertiary alicyclic amines) is 1. The molecule has 1 spiro atoms. The highest BCUT2D eigenvalue weighted by molar-refractivity contribution is 6.31. The number of ether oxygens (including phenoxy) is 1. The molecule has 1 unspecified atom stereocenters. The van der Waals surface area contributed by atoms with E-state index >= 15 is 0 Å². The fraction of sp³-hybridized carbons (Fsp3) is 0.294. The first-order chi connectivity index (χ1) is 12.0. The molecule has 2 aromatic rings. The maximum Gasteiger partial charge on any atom is 0.246 e. The summed E-state index contributed by atoms with van der Waals surface area (Å²) in [4.78, 5) is 26.1. The van der Waals surface area contributed by atoms with E-state index in [1.165, 1.54) is 12.4 Å². The molecule has 25 heavy (non-hydrogen) atoms. The molecule has 0 aliphatic carbocycles. The van der Waals surface area contributed by atoms with Crippen LogP contribution < -0.4 is 5.73 Å². The highest BCUT2D eigenvalue weighted by Crippen LogP contribution is 2.54. The number of hydrogen-bond donors (Lipinski definition) is 1. The second kappa shape index (κ2) is 5.79. The van der Waals surface area contributed by atoms with Crippen molar-refractivity contribution in [2.45, 2.75) is 6.04 Å². The lowest BCUT2D eigenvalue weighted by Gasteiger charge is -2.61. The Labute approximate surface area is 149 Å². The Balaban J connectivity index is 1.76. The zero-order valence-electron chi connectivity index (χ0n) is 13.4. The predicted octanol–water partition coefficient (Wildman–Crippen LogP) is 1.86. The molecule has 1 aromatic carbocycles. The van der Waals surface area contributed by atoms with Crippen LogP contribution in [0.25, 0.3) is 11.4 Å². The average molecular weight is 358 g/mol. The second-order valence-corrected chi connectivity index (χ2v) is 6.80. The first-order valence-corrected chi connectivity index (χ1v) is 8.16. The minimum absolute atomic E-state index is 0.0568. The lowest BCUT2D eigenvalue weighted by molar-refractivity contribution is -0.226. The molecule has 0 bridgehead atoms. The van der Waals surface area contributed by atoms with Gasteiger partial charge in [0.15, 0.2) is 5.82 Å². The molecule has 0 saturated carbocycles. The highest BCUT2D eigenvalue weighted by atomic mass is 35.5. The number of nitrogen functional groups attached to an aromatic ring is 1. The van der Waals surface area contributed by atoms with Gasteiger partial charge in [0.1, 0.15) is 6.33 Å². The fourth-order valence-electron chi connectivity index (χ4n) is 3.55. The minimum atomic E-state index is -0.108. The van der Waals surface area contributed by atoms with Crippen molar-refractivity contribution in [1.29, 1.82) is 0 Å². The number of aromatic nitrogens is 3. The number of carbonyl (C=O) groups excluding carboxylic acids is 1. The third-order valence-electron chi connectivity index (χ3n) is 4.70. The van der Waals surface area contributed by atoms with Crippen molar-refractivity contribution in [3.63, 3.8) is 0 Å². The van der Waals surface area contributed by atoms with Crippen molar-refractivity contribution in [2.24, 2.45) is 5.41 Å². The molecule has 2 N–H and O–H groups in total. The summed E-state index contributed by atoms with van der Waals surface area (Å²) in [5, 5.41) is 0.541. The van der Waals surface area contributed by atoms with E-state index in [0.717, 1.165) is 11.1 Å². The summed E-state index contributed by atoms with van der Waals surface area (Å²) in [5.74, 6) is 0.479. The third-order valence-corrected chi connectivity index (χ3v) is 4.92. The van der Waals surface area contributed by atoms with Crippen LogP contribution in [0.1, 0.15) is 11.6 Å². The first kappa shape index (κ1) is 16.0. The summed E-state index contributed by atoms with van der Waals surface area (Å²) >= 11 is 6.32. The summed E-state index contributed by atoms with van der Waals surface area (Å²) in [5.41, 5.74) is 7.24. The molecule has 1 atom stereocenters. The zero-order chi connectivity index (χ0) is 17.6. The largest absolute Gasteiger partial charge is 0.380 e. The Kier molecular flexibility index (Phi) is 3.70. The monoisotopic (exact) mass is 357 g/mol. The smallest absolute Gasteiger partial charge is 0.246 e. The summed E-state index contributed by atoms with van der Waals surface area (Å²) in [6.07, 6.45) is 2.69. The van der Waals surface area contributed by atoms with Crippen molar-refractivity contribution in [1.82, 2.24) is 19.9 Å². The molecule has 4 rings (SSSR count). The van der Waals surface area contributed by atoms with Crippen molar-refractivity contribution >= 4 is 23.5 Å². The zero-order valence-corrected chi connectivity index (χ0v) is 14.1. The molecule has 2 fully saturated rings. The topological polar surface area (TPSA) is 94.2 Å². The van der Waals surface area contributed by atoms with E-state index in [1.54, 1.807) is 11.0 Å². The molecule has 8 heteroatoms. The van der Waals surface area contributed by atoms with Crippen LogP contribution in [0.4, 0.5) is 5.95 Å². The van der Waals surface area contributed by atoms with E-state index in [0.29, 0.717) is 30.6 Å². The van der Waals surface area contributed by atoms with Gasteiger partial charge >= 0.3 is 0 Å². The van der Waals surface area contributed by atoms with E-state index in [-0.39, 0.29) is 23.3 Å². The Hall–Kier alpha value is -2.51. The molecule has 0 radical (unpaired) electrons. The normalized spacial score (nSPS) is 20.7. The molecule has 1 amide bonds. The Morgan fingerprint density at radius 1 is 1.40 bits per heavy atom. The van der Waals surface area contributed by atoms with Gasteiger partial charge < -0.3 is 15.4 Å². The number of nitrogens with two attached hydrogens (primary N) is 1. The molecule has 1 aromatic heterocycles. The average Bonchev–Trinajstić information content (AvgIpc) is 2.52. The summed E-state index contributed by atoms with van der Waals surface area (Å²) in [7, 11) is 0. The molecule has 7 nitrogen and oxygen atoms in total. The van der Waals surface area contributed by atoms with Gasteiger partial charge in [0.2, 0.25) is 11.9 Å². The number of carbonyl (C=O) groups is 1. The van der Waals surface area contributed by atoms with E-state index in [9.17, 15) is 4.79 Å². The minimum Gasteiger partial charge on any atom is -0.380 e. The van der Waals surface area contributed by atoms with Gasteiger partial charge in [-0.3, -0.25) is 4.79 Å². The lowest BCUT2D eigenvalue weighted by Crippen LogP contribution is -2.68. The van der Waals surface area contributed by atoms with Crippen LogP contribution in [-0.2, 0) is 9.53 Å². The quantitative estimate of drug-likeness (QED) is 0.842. The van der Waals surface area contributed by atoms with Gasteiger partial charge in [-0.25, -0.2) is 9.97 Å². The molecule has 3 heterocycles. The maximum atomic E-state index is 12.2. The van der Waals surface area contributed by atoms with Crippen molar-refractivity contribution in [3.8, 4) is 11.4 Å². The lowest BCUT2D eigenvalue weighted by atomic mass is 9.67. The van der Waals surface area contributed by atoms with Gasteiger partial charge in [0.05, 0.1) is 24.7 Å². The molecule has 2 aliphatic rings. The van der Waals surface area contributed by atoms with Gasteiger partial charge in [-0.15, -0.1) is 0 Å². The Bertz CT molecular complexity index is 868. The molecule has 128 valence electrons. The number of rotatable bonds is 3. The van der Waals surface area contributed by atoms with E-state index in [4.69, 9.17) is 22.1 Å². The van der Waals surface area contributed by atoms with Crippen LogP contribution in [0.15, 0.2) is 37.2 Å². The van der Waals surface area contributed by atoms with Crippen LogP contribution in [-0.4, -0.2) is 45.5 Å². The standard InChI is InChI=1S/C17H16ClN5O2/c1-2-13(24)23-6-17(7-25-8-17)14(23)10-3-11(5-12(18)4-10)15-20-9-21-16(19)22-15/h2-5,9,14H,1,6-8H2,(H2,19,20,21,22). The number of hydrogen-bond acceptors (Lipinski definition) is 6. The number of amides is 1. The van der Waals surface area contributed by atoms with Crippen molar-refractivity contribution in [2.75, 3.05) is 25.5 Å². The van der Waals surface area contributed by atoms with Gasteiger partial charge in [0, 0.05) is 17.1 Å². The van der Waals surface area contributed by atoms with Crippen LogP contribution in [0.5, 0.6) is 0 Å². The van der Waals surface area contributed by atoms with Crippen LogP contribution >= 0.6 is 11.6 Å². The number of anilines is 1. The van der Waals surface area contributed by atoms with Crippen LogP contribution in [0.2, 0.25) is 5.02 Å². The summed E-state index contributed by atoms with van der Waals surface area (Å²) < 4.78 is 5.41. The van der Waals surface area contributed by atoms with Crippen LogP contribution in [0.3, 0.4) is 0 Å². The SMILES string of the molecule is C=CC(=O)N1CC2(COC2)C1c1cc(Cl)cc(-c2ncnc(N)n2)c1. The van der Waals surface area contributed by atoms with Gasteiger partial charge in [-0.2, -0.15) is 4.98 Å². The molecule has 2 saturated heterocycles. The molecular weight excluding hydrogens is 342 g/mol. The third kappa shape index (κ3) is 2.56. The first-order valence-electron chi connectivity index (χ1n) is 7.78. The second-order valence-electron chi connectivity index (χ2n) is 6.37. The highest BCUT2D eigenvalue weighted by Gasteiger charge is 2.59. The van der Waals surface area contributed by atoms with Gasteiger partial charge in [-0.05, 0) is 29.8 Å². The Morgan fingerprint density at radius 3 is 2.84 bits per heavy atom. The molecular formula is C17H16ClN5O2. The van der Waals surface area contributed by atoms with E-state index < -0.39 is 0 Å². The number of nitrogens with zero attached hydrogens (tertiary/aromatic N) is 4. The van der Waals surface area contributed by atoms with Gasteiger partial charge in [-0.1, -0.05) is 18.2 Å². The van der Waals surface area contributed by atoms with Gasteiger partial charge in [0.25, 0.3) is 0 Å². The van der Waals surface area contributed by atoms with E-state index in [2.05, 4.69) is 21.5 Å². The number of halogens is 1. The van der Waals surface area contributed by atoms with E-state index in [1.807, 2.05) is 12.1 Å². The number of benzene rings is 1. The summed E-state index contributed by atoms with van der Waals surface area (Å²) in [6, 6.07) is 5.46. The summed E-state index contributed by atoms with van der Waals surface area (Å²) in [6.45, 7) is 5.49. The fourth-order valence-corrected chi connectivity index (χ4v) is 3.80. The maximum absolute atomic E-state index is 12.2.